The standard InChI is InChI=1S/C16H22BrFN2O/c1-2-13-5-3-4-9-20(13)10-8-19-16(21)14-11-12(17)6-7-15(14)18/h6-7,11,13H,2-5,8-10H2,1H3,(H,19,21). The lowest BCUT2D eigenvalue weighted by molar-refractivity contribution is 0.0930. The Bertz CT molecular complexity index is 495. The first-order valence-corrected chi connectivity index (χ1v) is 8.38. The van der Waals surface area contributed by atoms with Crippen molar-refractivity contribution in [1.82, 2.24) is 10.2 Å². The first-order valence-electron chi connectivity index (χ1n) is 7.59. The van der Waals surface area contributed by atoms with Gasteiger partial charge in [0, 0.05) is 23.6 Å². The molecule has 1 heterocycles. The van der Waals surface area contributed by atoms with Crippen LogP contribution in [0.15, 0.2) is 22.7 Å². The summed E-state index contributed by atoms with van der Waals surface area (Å²) in [6.07, 6.45) is 4.91. The van der Waals surface area contributed by atoms with Gasteiger partial charge in [0.2, 0.25) is 0 Å². The predicted octanol–water partition coefficient (Wildman–Crippen LogP) is 3.58. The van der Waals surface area contributed by atoms with Gasteiger partial charge in [-0.1, -0.05) is 29.3 Å². The van der Waals surface area contributed by atoms with Crippen LogP contribution in [-0.2, 0) is 0 Å². The Morgan fingerprint density at radius 3 is 3.05 bits per heavy atom. The van der Waals surface area contributed by atoms with E-state index in [2.05, 4.69) is 33.1 Å². The number of hydrogen-bond donors (Lipinski definition) is 1. The van der Waals surface area contributed by atoms with Gasteiger partial charge in [0.05, 0.1) is 5.56 Å². The van der Waals surface area contributed by atoms with Gasteiger partial charge >= 0.3 is 0 Å². The molecule has 3 nitrogen and oxygen atoms in total. The topological polar surface area (TPSA) is 32.3 Å². The Morgan fingerprint density at radius 1 is 1.48 bits per heavy atom. The van der Waals surface area contributed by atoms with Crippen molar-refractivity contribution in [3.05, 3.63) is 34.1 Å². The fourth-order valence-corrected chi connectivity index (χ4v) is 3.26. The summed E-state index contributed by atoms with van der Waals surface area (Å²) in [5.74, 6) is -0.834. The number of nitrogens with one attached hydrogen (secondary N) is 1. The van der Waals surface area contributed by atoms with E-state index in [1.807, 2.05) is 0 Å². The molecule has 116 valence electrons. The van der Waals surface area contributed by atoms with Crippen molar-refractivity contribution < 1.29 is 9.18 Å². The van der Waals surface area contributed by atoms with Crippen molar-refractivity contribution in [3.63, 3.8) is 0 Å². The molecule has 1 amide bonds. The third-order valence-corrected chi connectivity index (χ3v) is 4.57. The summed E-state index contributed by atoms with van der Waals surface area (Å²) in [6.45, 7) is 4.69. The lowest BCUT2D eigenvalue weighted by Gasteiger charge is -2.35. The number of carbonyl (C=O) groups excluding carboxylic acids is 1. The summed E-state index contributed by atoms with van der Waals surface area (Å²) in [4.78, 5) is 14.5. The summed E-state index contributed by atoms with van der Waals surface area (Å²) in [5, 5.41) is 2.82. The molecule has 1 saturated heterocycles. The van der Waals surface area contributed by atoms with Gasteiger partial charge in [0.1, 0.15) is 5.82 Å². The summed E-state index contributed by atoms with van der Waals surface area (Å²) in [5.41, 5.74) is 0.0926. The van der Waals surface area contributed by atoms with Crippen LogP contribution in [0.3, 0.4) is 0 Å². The molecule has 0 radical (unpaired) electrons. The highest BCUT2D eigenvalue weighted by Gasteiger charge is 2.20. The molecule has 0 spiro atoms. The van der Waals surface area contributed by atoms with Gasteiger partial charge in [-0.25, -0.2) is 4.39 Å². The first kappa shape index (κ1) is 16.4. The van der Waals surface area contributed by atoms with Crippen LogP contribution >= 0.6 is 15.9 Å². The maximum Gasteiger partial charge on any atom is 0.254 e. The van der Waals surface area contributed by atoms with Crippen LogP contribution in [0.4, 0.5) is 4.39 Å². The van der Waals surface area contributed by atoms with Crippen LogP contribution in [0, 0.1) is 5.82 Å². The molecule has 0 aromatic heterocycles. The van der Waals surface area contributed by atoms with Crippen molar-refractivity contribution in [3.8, 4) is 0 Å². The average molecular weight is 357 g/mol. The Hall–Kier alpha value is -0.940. The maximum atomic E-state index is 13.6. The highest BCUT2D eigenvalue weighted by Crippen LogP contribution is 2.19. The zero-order valence-corrected chi connectivity index (χ0v) is 14.0. The molecule has 1 aromatic rings. The fourth-order valence-electron chi connectivity index (χ4n) is 2.90. The molecule has 1 aromatic carbocycles. The van der Waals surface area contributed by atoms with Crippen molar-refractivity contribution in [2.45, 2.75) is 38.6 Å². The van der Waals surface area contributed by atoms with E-state index in [0.29, 0.717) is 17.1 Å². The van der Waals surface area contributed by atoms with Gasteiger partial charge in [-0.05, 0) is 44.0 Å². The Kier molecular flexibility index (Phi) is 6.18. The normalized spacial score (nSPS) is 19.5. The Morgan fingerprint density at radius 2 is 2.29 bits per heavy atom. The quantitative estimate of drug-likeness (QED) is 0.874. The van der Waals surface area contributed by atoms with Crippen molar-refractivity contribution in [2.24, 2.45) is 0 Å². The van der Waals surface area contributed by atoms with Crippen LogP contribution in [0.2, 0.25) is 0 Å². The number of nitrogens with zero attached hydrogens (tertiary/aromatic N) is 1. The second-order valence-corrected chi connectivity index (χ2v) is 6.39. The number of hydrogen-bond acceptors (Lipinski definition) is 2. The van der Waals surface area contributed by atoms with Crippen LogP contribution in [0.5, 0.6) is 0 Å². The highest BCUT2D eigenvalue weighted by atomic mass is 79.9. The lowest BCUT2D eigenvalue weighted by Crippen LogP contribution is -2.43. The second kappa shape index (κ2) is 7.90. The molecule has 5 heteroatoms. The Balaban J connectivity index is 1.85. The lowest BCUT2D eigenvalue weighted by atomic mass is 10.0. The number of likely N-dealkylation sites (tertiary alicyclic amines) is 1. The van der Waals surface area contributed by atoms with Gasteiger partial charge in [0.25, 0.3) is 5.91 Å². The molecule has 2 rings (SSSR count). The molecule has 21 heavy (non-hydrogen) atoms. The highest BCUT2D eigenvalue weighted by molar-refractivity contribution is 9.10. The molecular weight excluding hydrogens is 335 g/mol. The zero-order chi connectivity index (χ0) is 15.2. The summed E-state index contributed by atoms with van der Waals surface area (Å²) >= 11 is 3.26. The van der Waals surface area contributed by atoms with Crippen molar-refractivity contribution in [1.29, 1.82) is 0 Å². The van der Waals surface area contributed by atoms with Crippen LogP contribution in [-0.4, -0.2) is 36.5 Å². The largest absolute Gasteiger partial charge is 0.351 e. The molecule has 1 N–H and O–H groups in total. The molecular formula is C16H22BrFN2O. The second-order valence-electron chi connectivity index (χ2n) is 5.47. The number of amides is 1. The molecule has 1 aliphatic heterocycles. The third kappa shape index (κ3) is 4.51. The zero-order valence-electron chi connectivity index (χ0n) is 12.4. The number of piperidine rings is 1. The number of benzene rings is 1. The van der Waals surface area contributed by atoms with E-state index in [9.17, 15) is 9.18 Å². The minimum atomic E-state index is -0.486. The smallest absolute Gasteiger partial charge is 0.254 e. The van der Waals surface area contributed by atoms with Gasteiger partial charge in [-0.15, -0.1) is 0 Å². The van der Waals surface area contributed by atoms with Gasteiger partial charge in [-0.3, -0.25) is 9.69 Å². The molecule has 1 unspecified atom stereocenters. The summed E-state index contributed by atoms with van der Waals surface area (Å²) in [7, 11) is 0. The van der Waals surface area contributed by atoms with Gasteiger partial charge in [0.15, 0.2) is 0 Å². The van der Waals surface area contributed by atoms with Crippen LogP contribution in [0.25, 0.3) is 0 Å². The molecule has 1 fully saturated rings. The Labute approximate surface area is 134 Å². The SMILES string of the molecule is CCC1CCCCN1CCNC(=O)c1cc(Br)ccc1F. The predicted molar refractivity (Wildman–Crippen MR) is 85.9 cm³/mol. The van der Waals surface area contributed by atoms with Crippen molar-refractivity contribution >= 4 is 21.8 Å². The number of carbonyl (C=O) groups is 1. The maximum absolute atomic E-state index is 13.6. The van der Waals surface area contributed by atoms with E-state index in [4.69, 9.17) is 0 Å². The van der Waals surface area contributed by atoms with Gasteiger partial charge in [-0.2, -0.15) is 0 Å². The number of rotatable bonds is 5. The summed E-state index contributed by atoms with van der Waals surface area (Å²) in [6, 6.07) is 5.03. The van der Waals surface area contributed by atoms with Crippen LogP contribution in [0.1, 0.15) is 43.0 Å². The molecule has 0 saturated carbocycles. The average Bonchev–Trinajstić information content (AvgIpc) is 2.50. The first-order chi connectivity index (χ1) is 10.1. The molecule has 1 aliphatic rings. The molecule has 1 atom stereocenters. The molecule has 0 aliphatic carbocycles. The van der Waals surface area contributed by atoms with Crippen LogP contribution < -0.4 is 5.32 Å². The third-order valence-electron chi connectivity index (χ3n) is 4.08. The number of halogens is 2. The van der Waals surface area contributed by atoms with E-state index < -0.39 is 5.82 Å². The molecule has 0 bridgehead atoms. The minimum absolute atomic E-state index is 0.0926. The van der Waals surface area contributed by atoms with E-state index >= 15 is 0 Å². The fraction of sp³-hybridized carbons (Fsp3) is 0.562. The minimum Gasteiger partial charge on any atom is -0.351 e. The van der Waals surface area contributed by atoms with Gasteiger partial charge < -0.3 is 5.32 Å². The van der Waals surface area contributed by atoms with Crippen molar-refractivity contribution in [2.75, 3.05) is 19.6 Å². The van der Waals surface area contributed by atoms with E-state index in [1.54, 1.807) is 6.07 Å². The monoisotopic (exact) mass is 356 g/mol. The van der Waals surface area contributed by atoms with E-state index in [-0.39, 0.29) is 11.5 Å². The van der Waals surface area contributed by atoms with E-state index in [0.717, 1.165) is 19.5 Å². The summed E-state index contributed by atoms with van der Waals surface area (Å²) < 4.78 is 14.3. The van der Waals surface area contributed by atoms with E-state index in [1.165, 1.54) is 31.4 Å².